The van der Waals surface area contributed by atoms with E-state index in [1.807, 2.05) is 45.0 Å². The van der Waals surface area contributed by atoms with Gasteiger partial charge in [-0.2, -0.15) is 0 Å². The number of rotatable bonds is 3. The average molecular weight is 333 g/mol. The van der Waals surface area contributed by atoms with Crippen molar-refractivity contribution < 1.29 is 9.53 Å². The van der Waals surface area contributed by atoms with Crippen LogP contribution >= 0.6 is 22.6 Å². The summed E-state index contributed by atoms with van der Waals surface area (Å²) in [5.74, 6) is -0.129. The van der Waals surface area contributed by atoms with E-state index in [0.717, 1.165) is 9.26 Å². The summed E-state index contributed by atoms with van der Waals surface area (Å²) >= 11 is 2.22. The van der Waals surface area contributed by atoms with Gasteiger partial charge in [0, 0.05) is 9.26 Å². The fourth-order valence-electron chi connectivity index (χ4n) is 1.01. The van der Waals surface area contributed by atoms with Crippen molar-refractivity contribution >= 4 is 34.2 Å². The van der Waals surface area contributed by atoms with Crippen LogP contribution in [-0.4, -0.2) is 18.1 Å². The Balaban J connectivity index is 2.43. The second-order valence-corrected chi connectivity index (χ2v) is 5.70. The zero-order valence-corrected chi connectivity index (χ0v) is 11.9. The third kappa shape index (κ3) is 5.46. The lowest BCUT2D eigenvalue weighted by molar-refractivity contribution is -0.125. The van der Waals surface area contributed by atoms with Crippen LogP contribution in [0.1, 0.15) is 20.8 Å². The summed E-state index contributed by atoms with van der Waals surface area (Å²) < 4.78 is 6.51. The number of amides is 1. The van der Waals surface area contributed by atoms with Crippen LogP contribution in [0.5, 0.6) is 0 Å². The molecule has 16 heavy (non-hydrogen) atoms. The van der Waals surface area contributed by atoms with E-state index in [4.69, 9.17) is 4.74 Å². The lowest BCUT2D eigenvalue weighted by Gasteiger charge is -2.18. The first-order chi connectivity index (χ1) is 7.37. The predicted molar refractivity (Wildman–Crippen MR) is 73.5 cm³/mol. The molecule has 0 unspecified atom stereocenters. The van der Waals surface area contributed by atoms with Crippen molar-refractivity contribution in [3.05, 3.63) is 27.8 Å². The molecular formula is C12H16INO2. The van der Waals surface area contributed by atoms with E-state index in [1.54, 1.807) is 0 Å². The van der Waals surface area contributed by atoms with Crippen LogP contribution in [0.2, 0.25) is 0 Å². The molecule has 1 amide bonds. The van der Waals surface area contributed by atoms with Gasteiger partial charge in [-0.15, -0.1) is 0 Å². The van der Waals surface area contributed by atoms with E-state index in [2.05, 4.69) is 27.9 Å². The summed E-state index contributed by atoms with van der Waals surface area (Å²) in [5.41, 5.74) is 0.506. The maximum atomic E-state index is 11.5. The molecule has 0 fully saturated rings. The highest BCUT2D eigenvalue weighted by Crippen LogP contribution is 2.11. The Morgan fingerprint density at radius 1 is 1.31 bits per heavy atom. The first-order valence-electron chi connectivity index (χ1n) is 5.06. The molecule has 1 N–H and O–H groups in total. The number of hydrogen-bond donors (Lipinski definition) is 1. The van der Waals surface area contributed by atoms with Gasteiger partial charge in [0.05, 0.1) is 5.60 Å². The smallest absolute Gasteiger partial charge is 0.250 e. The van der Waals surface area contributed by atoms with Gasteiger partial charge in [0.25, 0.3) is 0 Å². The van der Waals surface area contributed by atoms with Crippen molar-refractivity contribution in [1.29, 1.82) is 0 Å². The molecule has 0 bridgehead atoms. The molecule has 0 saturated carbocycles. The van der Waals surface area contributed by atoms with Crippen LogP contribution in [0.4, 0.5) is 5.69 Å². The number of carbonyl (C=O) groups is 1. The second kappa shape index (κ2) is 5.63. The maximum Gasteiger partial charge on any atom is 0.250 e. The third-order valence-corrected chi connectivity index (χ3v) is 2.48. The van der Waals surface area contributed by atoms with Crippen LogP contribution in [0, 0.1) is 3.57 Å². The number of benzene rings is 1. The molecule has 3 nitrogen and oxygen atoms in total. The zero-order valence-electron chi connectivity index (χ0n) is 9.71. The zero-order chi connectivity index (χ0) is 12.2. The Kier molecular flexibility index (Phi) is 4.73. The molecule has 0 aliphatic carbocycles. The van der Waals surface area contributed by atoms with Gasteiger partial charge in [-0.05, 0) is 67.6 Å². The lowest BCUT2D eigenvalue weighted by Crippen LogP contribution is -2.27. The molecule has 1 rings (SSSR count). The highest BCUT2D eigenvalue weighted by atomic mass is 127. The number of carbonyl (C=O) groups excluding carboxylic acids is 1. The van der Waals surface area contributed by atoms with Crippen molar-refractivity contribution in [3.8, 4) is 0 Å². The van der Waals surface area contributed by atoms with Crippen LogP contribution < -0.4 is 5.32 Å². The molecule has 0 heterocycles. The van der Waals surface area contributed by atoms with Gasteiger partial charge in [0.1, 0.15) is 6.61 Å². The van der Waals surface area contributed by atoms with E-state index in [-0.39, 0.29) is 18.1 Å². The molecule has 1 aromatic carbocycles. The van der Waals surface area contributed by atoms with E-state index in [1.165, 1.54) is 0 Å². The summed E-state index contributed by atoms with van der Waals surface area (Å²) in [6, 6.07) is 7.63. The lowest BCUT2D eigenvalue weighted by atomic mass is 10.2. The van der Waals surface area contributed by atoms with Gasteiger partial charge in [-0.3, -0.25) is 4.79 Å². The molecule has 0 saturated heterocycles. The Morgan fingerprint density at radius 3 is 2.38 bits per heavy atom. The first kappa shape index (κ1) is 13.4. The molecule has 88 valence electrons. The molecule has 0 atom stereocenters. The number of nitrogens with one attached hydrogen (secondary N) is 1. The molecule has 0 radical (unpaired) electrons. The summed E-state index contributed by atoms with van der Waals surface area (Å²) in [6.07, 6.45) is 0. The van der Waals surface area contributed by atoms with Crippen molar-refractivity contribution in [2.24, 2.45) is 0 Å². The topological polar surface area (TPSA) is 38.3 Å². The molecule has 1 aromatic rings. The van der Waals surface area contributed by atoms with Gasteiger partial charge < -0.3 is 10.1 Å². The Hall–Kier alpha value is -0.620. The quantitative estimate of drug-likeness (QED) is 0.864. The summed E-state index contributed by atoms with van der Waals surface area (Å²) in [4.78, 5) is 11.5. The largest absolute Gasteiger partial charge is 0.366 e. The van der Waals surface area contributed by atoms with Gasteiger partial charge in [-0.1, -0.05) is 0 Å². The minimum absolute atomic E-state index is 0.0789. The normalized spacial score (nSPS) is 11.2. The number of halogens is 1. The Morgan fingerprint density at radius 2 is 1.88 bits per heavy atom. The van der Waals surface area contributed by atoms with E-state index < -0.39 is 0 Å². The molecule has 4 heteroatoms. The molecule has 0 aliphatic rings. The molecule has 0 aliphatic heterocycles. The van der Waals surface area contributed by atoms with Gasteiger partial charge in [0.2, 0.25) is 5.91 Å². The van der Waals surface area contributed by atoms with Crippen molar-refractivity contribution in [3.63, 3.8) is 0 Å². The highest BCUT2D eigenvalue weighted by molar-refractivity contribution is 14.1. The van der Waals surface area contributed by atoms with Crippen LogP contribution in [0.25, 0.3) is 0 Å². The average Bonchev–Trinajstić information content (AvgIpc) is 2.18. The van der Waals surface area contributed by atoms with Crippen molar-refractivity contribution in [1.82, 2.24) is 0 Å². The Bertz CT molecular complexity index is 354. The number of anilines is 1. The van der Waals surface area contributed by atoms with Crippen LogP contribution in [-0.2, 0) is 9.53 Å². The summed E-state index contributed by atoms with van der Waals surface area (Å²) in [5, 5.41) is 2.77. The number of ether oxygens (including phenoxy) is 1. The molecular weight excluding hydrogens is 317 g/mol. The first-order valence-corrected chi connectivity index (χ1v) is 6.14. The van der Waals surface area contributed by atoms with Crippen molar-refractivity contribution in [2.75, 3.05) is 11.9 Å². The SMILES string of the molecule is CC(C)(C)OCC(=O)Nc1ccc(I)cc1. The van der Waals surface area contributed by atoms with Crippen LogP contribution in [0.15, 0.2) is 24.3 Å². The predicted octanol–water partition coefficient (Wildman–Crippen LogP) is 3.04. The maximum absolute atomic E-state index is 11.5. The van der Waals surface area contributed by atoms with E-state index in [9.17, 15) is 4.79 Å². The van der Waals surface area contributed by atoms with E-state index >= 15 is 0 Å². The Labute approximate surface area is 110 Å². The highest BCUT2D eigenvalue weighted by Gasteiger charge is 2.12. The second-order valence-electron chi connectivity index (χ2n) is 4.46. The number of hydrogen-bond acceptors (Lipinski definition) is 2. The summed E-state index contributed by atoms with van der Waals surface area (Å²) in [6.45, 7) is 5.84. The minimum Gasteiger partial charge on any atom is -0.366 e. The van der Waals surface area contributed by atoms with Gasteiger partial charge in [0.15, 0.2) is 0 Å². The van der Waals surface area contributed by atoms with Crippen molar-refractivity contribution in [2.45, 2.75) is 26.4 Å². The fourth-order valence-corrected chi connectivity index (χ4v) is 1.37. The standard InChI is InChI=1S/C12H16INO2/c1-12(2,3)16-8-11(15)14-10-6-4-9(13)5-7-10/h4-7H,8H2,1-3H3,(H,14,15). The minimum atomic E-state index is -0.288. The fraction of sp³-hybridized carbons (Fsp3) is 0.417. The molecule has 0 spiro atoms. The van der Waals surface area contributed by atoms with Gasteiger partial charge >= 0.3 is 0 Å². The molecule has 0 aromatic heterocycles. The third-order valence-electron chi connectivity index (χ3n) is 1.76. The van der Waals surface area contributed by atoms with Crippen LogP contribution in [0.3, 0.4) is 0 Å². The monoisotopic (exact) mass is 333 g/mol. The summed E-state index contributed by atoms with van der Waals surface area (Å²) in [7, 11) is 0. The van der Waals surface area contributed by atoms with E-state index in [0.29, 0.717) is 0 Å². The van der Waals surface area contributed by atoms with Gasteiger partial charge in [-0.25, -0.2) is 0 Å².